The SMILES string of the molecule is Fc1c(-c2ccnc3[nH]ccc23)ccc2c1NCCC2. The van der Waals surface area contributed by atoms with Crippen LogP contribution in [0.1, 0.15) is 12.0 Å². The van der Waals surface area contributed by atoms with E-state index in [0.717, 1.165) is 41.5 Å². The third kappa shape index (κ3) is 1.61. The molecule has 0 aliphatic carbocycles. The lowest BCUT2D eigenvalue weighted by Crippen LogP contribution is -2.13. The van der Waals surface area contributed by atoms with E-state index in [1.165, 1.54) is 0 Å². The molecule has 0 unspecified atom stereocenters. The van der Waals surface area contributed by atoms with Crippen LogP contribution >= 0.6 is 0 Å². The fourth-order valence-corrected chi connectivity index (χ4v) is 2.91. The summed E-state index contributed by atoms with van der Waals surface area (Å²) >= 11 is 0. The number of hydrogen-bond acceptors (Lipinski definition) is 2. The molecule has 0 amide bonds. The standard InChI is InChI=1S/C16H14FN3/c17-14-12(4-3-10-2-1-7-18-15(10)14)11-5-8-19-16-13(11)6-9-20-16/h3-6,8-9,18H,1-2,7H2,(H,19,20). The highest BCUT2D eigenvalue weighted by atomic mass is 19.1. The van der Waals surface area contributed by atoms with E-state index in [9.17, 15) is 4.39 Å². The molecule has 4 heteroatoms. The molecular formula is C16H14FN3. The summed E-state index contributed by atoms with van der Waals surface area (Å²) in [5, 5.41) is 4.13. The van der Waals surface area contributed by atoms with Crippen molar-refractivity contribution < 1.29 is 4.39 Å². The van der Waals surface area contributed by atoms with Gasteiger partial charge in [-0.3, -0.25) is 0 Å². The Labute approximate surface area is 115 Å². The summed E-state index contributed by atoms with van der Waals surface area (Å²) < 4.78 is 14.8. The summed E-state index contributed by atoms with van der Waals surface area (Å²) in [4.78, 5) is 7.31. The van der Waals surface area contributed by atoms with E-state index in [2.05, 4.69) is 15.3 Å². The highest BCUT2D eigenvalue weighted by Gasteiger charge is 2.18. The monoisotopic (exact) mass is 267 g/mol. The number of halogens is 1. The second-order valence-electron chi connectivity index (χ2n) is 5.09. The van der Waals surface area contributed by atoms with Crippen molar-refractivity contribution in [1.29, 1.82) is 0 Å². The maximum absolute atomic E-state index is 14.8. The molecule has 0 atom stereocenters. The summed E-state index contributed by atoms with van der Waals surface area (Å²) in [5.74, 6) is -0.157. The fraction of sp³-hybridized carbons (Fsp3) is 0.188. The van der Waals surface area contributed by atoms with Crippen molar-refractivity contribution in [1.82, 2.24) is 9.97 Å². The third-order valence-electron chi connectivity index (χ3n) is 3.90. The average Bonchev–Trinajstić information content (AvgIpc) is 2.97. The molecule has 3 heterocycles. The molecule has 3 nitrogen and oxygen atoms in total. The highest BCUT2D eigenvalue weighted by Crippen LogP contribution is 2.35. The lowest BCUT2D eigenvalue weighted by Gasteiger charge is -2.20. The molecule has 1 aliphatic rings. The minimum atomic E-state index is -0.157. The molecule has 0 spiro atoms. The summed E-state index contributed by atoms with van der Waals surface area (Å²) in [6.07, 6.45) is 5.54. The number of hydrogen-bond donors (Lipinski definition) is 2. The van der Waals surface area contributed by atoms with Crippen LogP contribution in [0.5, 0.6) is 0 Å². The zero-order valence-corrected chi connectivity index (χ0v) is 10.9. The summed E-state index contributed by atoms with van der Waals surface area (Å²) in [5.41, 5.74) is 4.02. The maximum Gasteiger partial charge on any atom is 0.154 e. The molecule has 2 aromatic heterocycles. The van der Waals surface area contributed by atoms with Crippen molar-refractivity contribution in [3.63, 3.8) is 0 Å². The van der Waals surface area contributed by atoms with Crippen LogP contribution < -0.4 is 5.32 Å². The molecule has 1 aliphatic heterocycles. The summed E-state index contributed by atoms with van der Waals surface area (Å²) in [6.45, 7) is 0.837. The fourth-order valence-electron chi connectivity index (χ4n) is 2.91. The minimum absolute atomic E-state index is 0.157. The maximum atomic E-state index is 14.8. The number of rotatable bonds is 1. The van der Waals surface area contributed by atoms with Crippen LogP contribution in [0.15, 0.2) is 36.7 Å². The van der Waals surface area contributed by atoms with Gasteiger partial charge in [-0.1, -0.05) is 12.1 Å². The first-order valence-corrected chi connectivity index (χ1v) is 6.82. The number of aromatic amines is 1. The van der Waals surface area contributed by atoms with Gasteiger partial charge in [0.15, 0.2) is 5.82 Å². The number of fused-ring (bicyclic) bond motifs is 2. The predicted molar refractivity (Wildman–Crippen MR) is 78.3 cm³/mol. The number of benzene rings is 1. The van der Waals surface area contributed by atoms with Gasteiger partial charge in [0.05, 0.1) is 5.69 Å². The molecule has 1 aromatic carbocycles. The predicted octanol–water partition coefficient (Wildman–Crippen LogP) is 3.73. The van der Waals surface area contributed by atoms with Crippen molar-refractivity contribution in [3.05, 3.63) is 48.0 Å². The molecule has 3 aromatic rings. The zero-order chi connectivity index (χ0) is 13.5. The van der Waals surface area contributed by atoms with Crippen molar-refractivity contribution in [2.24, 2.45) is 0 Å². The van der Waals surface area contributed by atoms with Gasteiger partial charge < -0.3 is 10.3 Å². The molecule has 0 saturated heterocycles. The van der Waals surface area contributed by atoms with Crippen LogP contribution in [0, 0.1) is 5.82 Å². The number of pyridine rings is 1. The van der Waals surface area contributed by atoms with Crippen molar-refractivity contribution in [3.8, 4) is 11.1 Å². The van der Waals surface area contributed by atoms with Gasteiger partial charge in [0.25, 0.3) is 0 Å². The topological polar surface area (TPSA) is 40.7 Å². The number of nitrogens with one attached hydrogen (secondary N) is 2. The normalized spacial score (nSPS) is 14.1. The van der Waals surface area contributed by atoms with Crippen molar-refractivity contribution in [2.45, 2.75) is 12.8 Å². The number of nitrogens with zero attached hydrogens (tertiary/aromatic N) is 1. The average molecular weight is 267 g/mol. The molecule has 4 rings (SSSR count). The summed E-state index contributed by atoms with van der Waals surface area (Å²) in [7, 11) is 0. The second-order valence-corrected chi connectivity index (χ2v) is 5.09. The molecule has 0 fully saturated rings. The molecule has 0 radical (unpaired) electrons. The van der Waals surface area contributed by atoms with Gasteiger partial charge in [0.1, 0.15) is 5.65 Å². The van der Waals surface area contributed by atoms with Gasteiger partial charge in [-0.25, -0.2) is 9.37 Å². The molecule has 100 valence electrons. The van der Waals surface area contributed by atoms with E-state index < -0.39 is 0 Å². The van der Waals surface area contributed by atoms with Crippen molar-refractivity contribution >= 4 is 16.7 Å². The first kappa shape index (κ1) is 11.5. The van der Waals surface area contributed by atoms with Gasteiger partial charge in [-0.05, 0) is 36.1 Å². The van der Waals surface area contributed by atoms with Crippen LogP contribution in [0.3, 0.4) is 0 Å². The Morgan fingerprint density at radius 2 is 2.05 bits per heavy atom. The van der Waals surface area contributed by atoms with Gasteiger partial charge in [-0.15, -0.1) is 0 Å². The molecule has 2 N–H and O–H groups in total. The van der Waals surface area contributed by atoms with E-state index in [0.29, 0.717) is 11.3 Å². The van der Waals surface area contributed by atoms with Gasteiger partial charge in [-0.2, -0.15) is 0 Å². The first-order valence-electron chi connectivity index (χ1n) is 6.82. The second kappa shape index (κ2) is 4.34. The Kier molecular flexibility index (Phi) is 2.49. The number of H-pyrrole nitrogens is 1. The van der Waals surface area contributed by atoms with Crippen LogP contribution in [0.2, 0.25) is 0 Å². The zero-order valence-electron chi connectivity index (χ0n) is 10.9. The number of anilines is 1. The lowest BCUT2D eigenvalue weighted by molar-refractivity contribution is 0.626. The van der Waals surface area contributed by atoms with E-state index in [-0.39, 0.29) is 5.82 Å². The highest BCUT2D eigenvalue weighted by molar-refractivity contribution is 5.93. The van der Waals surface area contributed by atoms with E-state index in [4.69, 9.17) is 0 Å². The molecule has 0 bridgehead atoms. The molecule has 20 heavy (non-hydrogen) atoms. The minimum Gasteiger partial charge on any atom is -0.382 e. The quantitative estimate of drug-likeness (QED) is 0.705. The van der Waals surface area contributed by atoms with Crippen LogP contribution in [-0.4, -0.2) is 16.5 Å². The van der Waals surface area contributed by atoms with E-state index >= 15 is 0 Å². The smallest absolute Gasteiger partial charge is 0.154 e. The number of aromatic nitrogens is 2. The van der Waals surface area contributed by atoms with E-state index in [1.807, 2.05) is 30.5 Å². The third-order valence-corrected chi connectivity index (χ3v) is 3.90. The van der Waals surface area contributed by atoms with Crippen molar-refractivity contribution in [2.75, 3.05) is 11.9 Å². The largest absolute Gasteiger partial charge is 0.382 e. The van der Waals surface area contributed by atoms with Crippen LogP contribution in [0.25, 0.3) is 22.2 Å². The van der Waals surface area contributed by atoms with Gasteiger partial charge in [0.2, 0.25) is 0 Å². The molecular weight excluding hydrogens is 253 g/mol. The van der Waals surface area contributed by atoms with Crippen LogP contribution in [0.4, 0.5) is 10.1 Å². The first-order chi connectivity index (χ1) is 9.84. The van der Waals surface area contributed by atoms with Crippen LogP contribution in [-0.2, 0) is 6.42 Å². The van der Waals surface area contributed by atoms with E-state index in [1.54, 1.807) is 6.20 Å². The Morgan fingerprint density at radius 1 is 1.10 bits per heavy atom. The van der Waals surface area contributed by atoms with Gasteiger partial charge in [0, 0.05) is 29.9 Å². The Balaban J connectivity index is 1.96. The Hall–Kier alpha value is -2.36. The van der Waals surface area contributed by atoms with Gasteiger partial charge >= 0.3 is 0 Å². The lowest BCUT2D eigenvalue weighted by atomic mass is 9.96. The Bertz CT molecular complexity index is 792. The Morgan fingerprint density at radius 3 is 3.00 bits per heavy atom. The molecule has 0 saturated carbocycles. The number of aryl methyl sites for hydroxylation is 1. The summed E-state index contributed by atoms with van der Waals surface area (Å²) in [6, 6.07) is 7.70.